The van der Waals surface area contributed by atoms with Crippen LogP contribution in [0.1, 0.15) is 50.5 Å². The average molecular weight is 673 g/mol. The third-order valence-electron chi connectivity index (χ3n) is 8.77. The van der Waals surface area contributed by atoms with Crippen molar-refractivity contribution in [3.05, 3.63) is 84.2 Å². The summed E-state index contributed by atoms with van der Waals surface area (Å²) in [6.45, 7) is 1.38. The number of likely N-dealkylation sites (tertiary alicyclic amines) is 1. The number of nitrogens with zero attached hydrogens (tertiary/aromatic N) is 3. The number of aromatic nitrogens is 2. The van der Waals surface area contributed by atoms with E-state index in [4.69, 9.17) is 18.7 Å². The minimum absolute atomic E-state index is 0.0502. The van der Waals surface area contributed by atoms with Crippen molar-refractivity contribution in [1.82, 2.24) is 20.4 Å². The molecule has 2 fully saturated rings. The number of hydrogen-bond acceptors (Lipinski definition) is 11. The predicted octanol–water partition coefficient (Wildman–Crippen LogP) is 7.48. The molecule has 256 valence electrons. The maximum atomic E-state index is 14.9. The van der Waals surface area contributed by atoms with Crippen LogP contribution in [-0.4, -0.2) is 65.5 Å². The van der Waals surface area contributed by atoms with Gasteiger partial charge in [0.05, 0.1) is 7.11 Å². The Balaban J connectivity index is 1.03. The molecule has 6 rings (SSSR count). The molecule has 0 unspecified atom stereocenters. The molecule has 1 aliphatic heterocycles. The van der Waals surface area contributed by atoms with Crippen molar-refractivity contribution in [2.24, 2.45) is 0 Å². The number of ether oxygens (including phenoxy) is 4. The smallest absolute Gasteiger partial charge is 0.438 e. The normalized spacial score (nSPS) is 16.4. The molecule has 1 aliphatic carbocycles. The van der Waals surface area contributed by atoms with E-state index in [1.54, 1.807) is 12.1 Å². The summed E-state index contributed by atoms with van der Waals surface area (Å²) in [5.41, 5.74) is 3.46. The SMILES string of the molecule is COC(=O)OC1(OC(=O)OC(=O)NC2CCCCC2)CCN(Cc2ccc(-c3noc(-c4ccc(-c5ccccc5)c(F)c4)n3)cc2)CC1. The first-order valence-electron chi connectivity index (χ1n) is 16.3. The lowest BCUT2D eigenvalue weighted by Gasteiger charge is -2.39. The summed E-state index contributed by atoms with van der Waals surface area (Å²) in [5.74, 6) is -1.45. The largest absolute Gasteiger partial charge is 0.520 e. The van der Waals surface area contributed by atoms with Crippen LogP contribution in [0.2, 0.25) is 0 Å². The van der Waals surface area contributed by atoms with Crippen LogP contribution in [0.25, 0.3) is 34.0 Å². The quantitative estimate of drug-likeness (QED) is 0.113. The highest BCUT2D eigenvalue weighted by atomic mass is 19.1. The number of hydrogen-bond donors (Lipinski definition) is 1. The average Bonchev–Trinajstić information content (AvgIpc) is 3.61. The molecular formula is C36H37FN4O8. The van der Waals surface area contributed by atoms with E-state index in [-0.39, 0.29) is 30.6 Å². The fraction of sp³-hybridized carbons (Fsp3) is 0.361. The van der Waals surface area contributed by atoms with Crippen molar-refractivity contribution in [2.45, 2.75) is 63.3 Å². The van der Waals surface area contributed by atoms with Gasteiger partial charge in [0.15, 0.2) is 0 Å². The number of piperidine rings is 1. The number of amides is 1. The molecule has 0 atom stereocenters. The molecule has 0 radical (unpaired) electrons. The molecule has 49 heavy (non-hydrogen) atoms. The lowest BCUT2D eigenvalue weighted by atomic mass is 9.96. The fourth-order valence-electron chi connectivity index (χ4n) is 6.14. The second kappa shape index (κ2) is 15.3. The summed E-state index contributed by atoms with van der Waals surface area (Å²) in [5, 5.41) is 6.78. The molecule has 1 amide bonds. The number of halogens is 1. The zero-order valence-corrected chi connectivity index (χ0v) is 27.1. The van der Waals surface area contributed by atoms with E-state index in [2.05, 4.69) is 25.1 Å². The summed E-state index contributed by atoms with van der Waals surface area (Å²) in [6, 6.07) is 21.7. The van der Waals surface area contributed by atoms with E-state index in [0.29, 0.717) is 36.6 Å². The highest BCUT2D eigenvalue weighted by molar-refractivity contribution is 5.81. The first kappa shape index (κ1) is 33.6. The molecule has 1 N–H and O–H groups in total. The van der Waals surface area contributed by atoms with Gasteiger partial charge in [0, 0.05) is 55.2 Å². The van der Waals surface area contributed by atoms with Gasteiger partial charge in [-0.2, -0.15) is 4.98 Å². The monoisotopic (exact) mass is 672 g/mol. The van der Waals surface area contributed by atoms with Gasteiger partial charge in [0.1, 0.15) is 5.82 Å². The lowest BCUT2D eigenvalue weighted by Crippen LogP contribution is -2.50. The van der Waals surface area contributed by atoms with Crippen LogP contribution in [0.5, 0.6) is 0 Å². The summed E-state index contributed by atoms with van der Waals surface area (Å²) in [6.07, 6.45) is 1.88. The molecule has 0 spiro atoms. The number of carbonyl (C=O) groups excluding carboxylic acids is 3. The highest BCUT2D eigenvalue weighted by Crippen LogP contribution is 2.31. The molecule has 4 aromatic rings. The molecule has 1 saturated carbocycles. The highest BCUT2D eigenvalue weighted by Gasteiger charge is 2.43. The van der Waals surface area contributed by atoms with E-state index in [1.807, 2.05) is 54.6 Å². The van der Waals surface area contributed by atoms with Crippen molar-refractivity contribution in [3.8, 4) is 34.0 Å². The Kier molecular flexibility index (Phi) is 10.5. The Hall–Kier alpha value is -5.30. The summed E-state index contributed by atoms with van der Waals surface area (Å²) in [7, 11) is 1.16. The van der Waals surface area contributed by atoms with Crippen molar-refractivity contribution < 1.29 is 42.2 Å². The van der Waals surface area contributed by atoms with Gasteiger partial charge in [-0.05, 0) is 36.1 Å². The fourth-order valence-corrected chi connectivity index (χ4v) is 6.14. The van der Waals surface area contributed by atoms with Gasteiger partial charge in [-0.15, -0.1) is 0 Å². The number of benzene rings is 3. The zero-order valence-electron chi connectivity index (χ0n) is 27.1. The number of alkyl carbamates (subject to hydrolysis) is 1. The standard InChI is InChI=1S/C36H37FN4O8/c1-45-34(43)47-36(48-35(44)46-33(42)38-28-10-6-3-7-11-28)18-20-41(21-19-36)23-24-12-14-26(15-13-24)31-39-32(49-40-31)27-16-17-29(30(37)22-27)25-8-4-2-5-9-25/h2,4-5,8-9,12-17,22,28H,3,6-7,10-11,18-21,23H2,1H3,(H,38,42). The second-order valence-corrected chi connectivity index (χ2v) is 12.1. The number of methoxy groups -OCH3 is 1. The van der Waals surface area contributed by atoms with Gasteiger partial charge >= 0.3 is 18.4 Å². The predicted molar refractivity (Wildman–Crippen MR) is 174 cm³/mol. The van der Waals surface area contributed by atoms with E-state index < -0.39 is 24.2 Å². The van der Waals surface area contributed by atoms with Crippen LogP contribution in [0, 0.1) is 5.82 Å². The van der Waals surface area contributed by atoms with Crippen LogP contribution >= 0.6 is 0 Å². The maximum Gasteiger partial charge on any atom is 0.520 e. The second-order valence-electron chi connectivity index (χ2n) is 12.1. The topological polar surface area (TPSA) is 142 Å². The van der Waals surface area contributed by atoms with Gasteiger partial charge in [-0.3, -0.25) is 4.90 Å². The van der Waals surface area contributed by atoms with Crippen LogP contribution in [0.15, 0.2) is 77.3 Å². The Bertz CT molecular complexity index is 1750. The van der Waals surface area contributed by atoms with Crippen LogP contribution in [-0.2, 0) is 25.5 Å². The maximum absolute atomic E-state index is 14.9. The van der Waals surface area contributed by atoms with Crippen molar-refractivity contribution in [3.63, 3.8) is 0 Å². The van der Waals surface area contributed by atoms with Gasteiger partial charge in [-0.25, -0.2) is 18.8 Å². The van der Waals surface area contributed by atoms with Gasteiger partial charge in [-0.1, -0.05) is 85.1 Å². The number of nitrogens with one attached hydrogen (secondary N) is 1. The Labute approximate surface area is 282 Å². The minimum Gasteiger partial charge on any atom is -0.438 e. The first-order chi connectivity index (χ1) is 23.8. The summed E-state index contributed by atoms with van der Waals surface area (Å²) < 4.78 is 40.6. The molecule has 13 heteroatoms. The summed E-state index contributed by atoms with van der Waals surface area (Å²) >= 11 is 0. The lowest BCUT2D eigenvalue weighted by molar-refractivity contribution is -0.207. The molecule has 3 aromatic carbocycles. The first-order valence-corrected chi connectivity index (χ1v) is 16.3. The third-order valence-corrected chi connectivity index (χ3v) is 8.77. The van der Waals surface area contributed by atoms with Gasteiger partial charge in [0.25, 0.3) is 11.7 Å². The Morgan fingerprint density at radius 1 is 0.898 bits per heavy atom. The molecule has 1 saturated heterocycles. The van der Waals surface area contributed by atoms with E-state index in [0.717, 1.165) is 55.9 Å². The molecule has 1 aromatic heterocycles. The van der Waals surface area contributed by atoms with Crippen LogP contribution in [0.4, 0.5) is 18.8 Å². The summed E-state index contributed by atoms with van der Waals surface area (Å²) in [4.78, 5) is 43.4. The molecule has 12 nitrogen and oxygen atoms in total. The van der Waals surface area contributed by atoms with E-state index in [9.17, 15) is 18.8 Å². The van der Waals surface area contributed by atoms with Crippen LogP contribution in [0.3, 0.4) is 0 Å². The number of carbonyl (C=O) groups is 3. The van der Waals surface area contributed by atoms with Gasteiger partial charge < -0.3 is 28.8 Å². The molecule has 2 aliphatic rings. The van der Waals surface area contributed by atoms with Crippen molar-refractivity contribution in [1.29, 1.82) is 0 Å². The molecule has 0 bridgehead atoms. The Morgan fingerprint density at radius 3 is 2.29 bits per heavy atom. The van der Waals surface area contributed by atoms with Crippen LogP contribution < -0.4 is 5.32 Å². The Morgan fingerprint density at radius 2 is 1.59 bits per heavy atom. The molecule has 2 heterocycles. The zero-order chi connectivity index (χ0) is 34.2. The number of rotatable bonds is 8. The van der Waals surface area contributed by atoms with E-state index >= 15 is 0 Å². The molecular weight excluding hydrogens is 635 g/mol. The van der Waals surface area contributed by atoms with E-state index in [1.165, 1.54) is 6.07 Å². The van der Waals surface area contributed by atoms with Gasteiger partial charge in [0.2, 0.25) is 5.82 Å². The van der Waals surface area contributed by atoms with Crippen molar-refractivity contribution in [2.75, 3.05) is 20.2 Å². The minimum atomic E-state index is -1.64. The third kappa shape index (κ3) is 8.60. The van der Waals surface area contributed by atoms with Crippen molar-refractivity contribution >= 4 is 18.4 Å².